The van der Waals surface area contributed by atoms with Gasteiger partial charge in [0.1, 0.15) is 11.6 Å². The Bertz CT molecular complexity index is 1070. The van der Waals surface area contributed by atoms with E-state index >= 15 is 0 Å². The quantitative estimate of drug-likeness (QED) is 0.410. The second kappa shape index (κ2) is 10.1. The third kappa shape index (κ3) is 4.63. The van der Waals surface area contributed by atoms with Crippen molar-refractivity contribution in [2.75, 3.05) is 20.3 Å². The van der Waals surface area contributed by atoms with E-state index in [-0.39, 0.29) is 34.4 Å². The standard InChI is InChI=1S/C23H32N4O7/c1-12(2)18(24)20(30)27-9-5-6-16(27)19(29)26-23(11-28,13(3)33-4)22-25-15-10-14(21(31)32)7-8-17(15)34-22/h7-8,10,12-13,16,18,28H,5-6,9,11,24H2,1-4H3,(H,26,29)(H,31,32)/t13?,16-,18-,23-/m0/s1. The molecule has 186 valence electrons. The monoisotopic (exact) mass is 476 g/mol. The van der Waals surface area contributed by atoms with Crippen molar-refractivity contribution in [3.63, 3.8) is 0 Å². The zero-order chi connectivity index (χ0) is 25.2. The van der Waals surface area contributed by atoms with Gasteiger partial charge in [-0.05, 0) is 43.9 Å². The molecule has 1 aromatic heterocycles. The molecule has 2 aromatic rings. The molecule has 2 amide bonds. The summed E-state index contributed by atoms with van der Waals surface area (Å²) in [6, 6.07) is 2.68. The van der Waals surface area contributed by atoms with Gasteiger partial charge in [-0.25, -0.2) is 9.78 Å². The number of benzene rings is 1. The first-order valence-electron chi connectivity index (χ1n) is 11.2. The van der Waals surface area contributed by atoms with Gasteiger partial charge in [-0.3, -0.25) is 9.59 Å². The number of hydrogen-bond acceptors (Lipinski definition) is 8. The van der Waals surface area contributed by atoms with Crippen LogP contribution in [0.1, 0.15) is 49.9 Å². The molecule has 1 aliphatic rings. The smallest absolute Gasteiger partial charge is 0.335 e. The van der Waals surface area contributed by atoms with Crippen LogP contribution in [0, 0.1) is 5.92 Å². The maximum absolute atomic E-state index is 13.4. The molecule has 3 rings (SSSR count). The molecule has 2 heterocycles. The number of carbonyl (C=O) groups excluding carboxylic acids is 2. The molecule has 0 spiro atoms. The molecule has 1 unspecified atom stereocenters. The Labute approximate surface area is 197 Å². The van der Waals surface area contributed by atoms with E-state index in [0.717, 1.165) is 0 Å². The minimum atomic E-state index is -1.58. The SMILES string of the molecule is COC(C)[C@](CO)(NC(=O)[C@@H]1CCCN1C(=O)[C@@H](N)C(C)C)c1nc2cc(C(=O)O)ccc2o1. The zero-order valence-corrected chi connectivity index (χ0v) is 19.8. The minimum absolute atomic E-state index is 0.0207. The van der Waals surface area contributed by atoms with E-state index in [1.165, 1.54) is 30.2 Å². The van der Waals surface area contributed by atoms with Crippen LogP contribution in [-0.4, -0.2) is 76.3 Å². The summed E-state index contributed by atoms with van der Waals surface area (Å²) in [6.45, 7) is 5.12. The van der Waals surface area contributed by atoms with Crippen molar-refractivity contribution in [2.45, 2.75) is 57.3 Å². The highest BCUT2D eigenvalue weighted by molar-refractivity contribution is 5.92. The minimum Gasteiger partial charge on any atom is -0.478 e. The summed E-state index contributed by atoms with van der Waals surface area (Å²) < 4.78 is 11.3. The highest BCUT2D eigenvalue weighted by Crippen LogP contribution is 2.31. The Balaban J connectivity index is 1.96. The number of carboxylic acids is 1. The molecule has 1 aromatic carbocycles. The summed E-state index contributed by atoms with van der Waals surface area (Å²) in [5, 5.41) is 22.5. The highest BCUT2D eigenvalue weighted by atomic mass is 16.5. The van der Waals surface area contributed by atoms with Gasteiger partial charge in [0.05, 0.1) is 24.3 Å². The predicted molar refractivity (Wildman–Crippen MR) is 122 cm³/mol. The van der Waals surface area contributed by atoms with Crippen LogP contribution in [0.25, 0.3) is 11.1 Å². The van der Waals surface area contributed by atoms with Crippen molar-refractivity contribution < 1.29 is 33.8 Å². The Kier molecular flexibility index (Phi) is 7.59. The van der Waals surface area contributed by atoms with Gasteiger partial charge in [-0.15, -0.1) is 0 Å². The van der Waals surface area contributed by atoms with Crippen molar-refractivity contribution in [3.8, 4) is 0 Å². The average molecular weight is 477 g/mol. The molecule has 4 atom stereocenters. The van der Waals surface area contributed by atoms with Crippen LogP contribution in [0.3, 0.4) is 0 Å². The lowest BCUT2D eigenvalue weighted by Gasteiger charge is -2.36. The number of carboxylic acid groups (broad SMARTS) is 1. The van der Waals surface area contributed by atoms with E-state index in [2.05, 4.69) is 10.3 Å². The number of nitrogens with zero attached hydrogens (tertiary/aromatic N) is 2. The number of oxazole rings is 1. The maximum Gasteiger partial charge on any atom is 0.335 e. The van der Waals surface area contributed by atoms with Gasteiger partial charge in [0.2, 0.25) is 17.7 Å². The summed E-state index contributed by atoms with van der Waals surface area (Å²) in [7, 11) is 1.42. The van der Waals surface area contributed by atoms with Gasteiger partial charge in [0, 0.05) is 13.7 Å². The van der Waals surface area contributed by atoms with Crippen LogP contribution in [0.2, 0.25) is 0 Å². The van der Waals surface area contributed by atoms with E-state index < -0.39 is 42.2 Å². The first-order chi connectivity index (χ1) is 16.0. The molecule has 0 radical (unpaired) electrons. The zero-order valence-electron chi connectivity index (χ0n) is 19.8. The van der Waals surface area contributed by atoms with Crippen LogP contribution in [0.4, 0.5) is 0 Å². The first kappa shape index (κ1) is 25.6. The number of hydrogen-bond donors (Lipinski definition) is 4. The fraction of sp³-hybridized carbons (Fsp3) is 0.565. The summed E-state index contributed by atoms with van der Waals surface area (Å²) in [4.78, 5) is 43.4. The molecule has 5 N–H and O–H groups in total. The van der Waals surface area contributed by atoms with Crippen molar-refractivity contribution >= 4 is 28.9 Å². The van der Waals surface area contributed by atoms with Gasteiger partial charge in [0.25, 0.3) is 0 Å². The van der Waals surface area contributed by atoms with Crippen LogP contribution >= 0.6 is 0 Å². The largest absolute Gasteiger partial charge is 0.478 e. The second-order valence-corrected chi connectivity index (χ2v) is 8.96. The number of nitrogens with two attached hydrogens (primary N) is 1. The maximum atomic E-state index is 13.4. The number of rotatable bonds is 9. The summed E-state index contributed by atoms with van der Waals surface area (Å²) in [6.07, 6.45) is 0.305. The van der Waals surface area contributed by atoms with Crippen molar-refractivity contribution in [1.29, 1.82) is 0 Å². The van der Waals surface area contributed by atoms with Crippen LogP contribution in [0.5, 0.6) is 0 Å². The highest BCUT2D eigenvalue weighted by Gasteiger charge is 2.47. The Morgan fingerprint density at radius 1 is 1.35 bits per heavy atom. The third-order valence-corrected chi connectivity index (χ3v) is 6.50. The van der Waals surface area contributed by atoms with E-state index in [4.69, 9.17) is 14.9 Å². The second-order valence-electron chi connectivity index (χ2n) is 8.96. The van der Waals surface area contributed by atoms with Gasteiger partial charge in [0.15, 0.2) is 11.1 Å². The number of amides is 2. The van der Waals surface area contributed by atoms with Crippen molar-refractivity contribution in [2.24, 2.45) is 11.7 Å². The lowest BCUT2D eigenvalue weighted by atomic mass is 9.92. The van der Waals surface area contributed by atoms with Crippen molar-refractivity contribution in [1.82, 2.24) is 15.2 Å². The number of carbonyl (C=O) groups is 3. The average Bonchev–Trinajstić information content (AvgIpc) is 3.47. The number of likely N-dealkylation sites (tertiary alicyclic amines) is 1. The van der Waals surface area contributed by atoms with Gasteiger partial charge < -0.3 is 35.3 Å². The fourth-order valence-electron chi connectivity index (χ4n) is 4.10. The molecule has 11 heteroatoms. The molecular formula is C23H32N4O7. The molecule has 0 bridgehead atoms. The number of aliphatic hydroxyl groups excluding tert-OH is 1. The number of ether oxygens (including phenoxy) is 1. The molecular weight excluding hydrogens is 444 g/mol. The van der Waals surface area contributed by atoms with Crippen LogP contribution in [0.15, 0.2) is 22.6 Å². The number of aromatic carboxylic acids is 1. The predicted octanol–water partition coefficient (Wildman–Crippen LogP) is 0.839. The Morgan fingerprint density at radius 2 is 2.06 bits per heavy atom. The molecule has 0 aliphatic carbocycles. The third-order valence-electron chi connectivity index (χ3n) is 6.50. The number of aromatic nitrogens is 1. The Hall–Kier alpha value is -3.02. The summed E-state index contributed by atoms with van der Waals surface area (Å²) >= 11 is 0. The van der Waals surface area contributed by atoms with E-state index in [9.17, 15) is 24.6 Å². The molecule has 1 fully saturated rings. The normalized spacial score (nSPS) is 19.7. The van der Waals surface area contributed by atoms with Gasteiger partial charge in [-0.1, -0.05) is 13.8 Å². The number of nitrogens with one attached hydrogen (secondary N) is 1. The number of fused-ring (bicyclic) bond motifs is 1. The topological polar surface area (TPSA) is 168 Å². The van der Waals surface area contributed by atoms with Crippen molar-refractivity contribution in [3.05, 3.63) is 29.7 Å². The van der Waals surface area contributed by atoms with E-state index in [0.29, 0.717) is 19.4 Å². The number of aliphatic hydroxyl groups is 1. The Morgan fingerprint density at radius 3 is 2.65 bits per heavy atom. The summed E-state index contributed by atoms with van der Waals surface area (Å²) in [5.74, 6) is -2.04. The molecule has 1 saturated heterocycles. The number of methoxy groups -OCH3 is 1. The van der Waals surface area contributed by atoms with E-state index in [1.54, 1.807) is 6.92 Å². The lowest BCUT2D eigenvalue weighted by Crippen LogP contribution is -2.61. The summed E-state index contributed by atoms with van der Waals surface area (Å²) in [5.41, 5.74) is 5.03. The van der Waals surface area contributed by atoms with Gasteiger partial charge in [-0.2, -0.15) is 0 Å². The molecule has 34 heavy (non-hydrogen) atoms. The van der Waals surface area contributed by atoms with Crippen LogP contribution < -0.4 is 11.1 Å². The van der Waals surface area contributed by atoms with E-state index in [1.807, 2.05) is 13.8 Å². The fourth-order valence-corrected chi connectivity index (χ4v) is 4.10. The lowest BCUT2D eigenvalue weighted by molar-refractivity contribution is -0.142. The molecule has 0 saturated carbocycles. The van der Waals surface area contributed by atoms with Gasteiger partial charge >= 0.3 is 5.97 Å². The van der Waals surface area contributed by atoms with Crippen LogP contribution in [-0.2, 0) is 19.9 Å². The molecule has 1 aliphatic heterocycles. The molecule has 11 nitrogen and oxygen atoms in total. The first-order valence-corrected chi connectivity index (χ1v) is 11.2.